The highest BCUT2D eigenvalue weighted by molar-refractivity contribution is 5.22. The van der Waals surface area contributed by atoms with Gasteiger partial charge < -0.3 is 18.9 Å². The molecule has 0 saturated carbocycles. The van der Waals surface area contributed by atoms with E-state index in [0.717, 1.165) is 11.5 Å². The molecule has 132 valence electrons. The second-order valence-corrected chi connectivity index (χ2v) is 8.01. The molecular weight excluding hydrogens is 431 g/mol. The maximum atomic E-state index is 5.62. The minimum Gasteiger partial charge on any atom is -0.463 e. The zero-order valence-corrected chi connectivity index (χ0v) is 16.5. The molecule has 0 aliphatic heterocycles. The second-order valence-electron chi connectivity index (χ2n) is 4.98. The van der Waals surface area contributed by atoms with Crippen LogP contribution >= 0.6 is 0 Å². The molecule has 2 unspecified atom stereocenters. The van der Waals surface area contributed by atoms with Crippen LogP contribution in [0.25, 0.3) is 0 Å². The molecule has 0 N–H and O–H groups in total. The summed E-state index contributed by atoms with van der Waals surface area (Å²) in [6.45, 7) is 10.7. The fourth-order valence-corrected chi connectivity index (χ4v) is 4.15. The molecule has 0 bridgehead atoms. The van der Waals surface area contributed by atoms with Gasteiger partial charge >= 0.3 is 21.2 Å². The van der Waals surface area contributed by atoms with Crippen molar-refractivity contribution in [2.24, 2.45) is 0 Å². The molecule has 5 heteroatoms. The van der Waals surface area contributed by atoms with Gasteiger partial charge in [-0.2, -0.15) is 0 Å². The summed E-state index contributed by atoms with van der Waals surface area (Å²) in [5.41, 5.74) is 0. The highest BCUT2D eigenvalue weighted by Gasteiger charge is 2.16. The molecule has 0 aromatic heterocycles. The van der Waals surface area contributed by atoms with Crippen molar-refractivity contribution in [3.63, 3.8) is 0 Å². The fraction of sp³-hybridized carbons (Fsp3) is 0.200. The molecule has 4 nitrogen and oxygen atoms in total. The summed E-state index contributed by atoms with van der Waals surface area (Å²) in [6, 6.07) is 16.2. The van der Waals surface area contributed by atoms with Gasteiger partial charge in [0.25, 0.3) is 0 Å². The average Bonchev–Trinajstić information content (AvgIpc) is 2.59. The SMILES string of the molecule is C=COC(C)Oc1ccc([I+]c2ccc(OC(C)OC=C)cc2)cc1. The van der Waals surface area contributed by atoms with Crippen LogP contribution < -0.4 is 30.7 Å². The largest absolute Gasteiger partial charge is 0.463 e. The van der Waals surface area contributed by atoms with Crippen LogP contribution in [-0.4, -0.2) is 12.6 Å². The summed E-state index contributed by atoms with van der Waals surface area (Å²) in [5, 5.41) is 0. The Morgan fingerprint density at radius 2 is 1.08 bits per heavy atom. The van der Waals surface area contributed by atoms with Gasteiger partial charge in [-0.05, 0) is 48.5 Å². The number of benzene rings is 2. The van der Waals surface area contributed by atoms with E-state index in [-0.39, 0.29) is 33.8 Å². The number of ether oxygens (including phenoxy) is 4. The van der Waals surface area contributed by atoms with Crippen LogP contribution in [0.5, 0.6) is 11.5 Å². The van der Waals surface area contributed by atoms with E-state index in [1.165, 1.54) is 19.7 Å². The third-order valence-corrected chi connectivity index (χ3v) is 5.71. The summed E-state index contributed by atoms with van der Waals surface area (Å²) in [6.07, 6.45) is 2.06. The Balaban J connectivity index is 1.91. The predicted octanol–water partition coefficient (Wildman–Crippen LogP) is 1.58. The van der Waals surface area contributed by atoms with Gasteiger partial charge in [0.2, 0.25) is 12.6 Å². The third-order valence-electron chi connectivity index (χ3n) is 3.03. The van der Waals surface area contributed by atoms with E-state index in [9.17, 15) is 0 Å². The Bertz CT molecular complexity index is 608. The number of hydrogen-bond donors (Lipinski definition) is 0. The van der Waals surface area contributed by atoms with Crippen molar-refractivity contribution in [3.05, 3.63) is 81.4 Å². The normalized spacial score (nSPS) is 12.6. The van der Waals surface area contributed by atoms with Crippen LogP contribution in [-0.2, 0) is 9.47 Å². The van der Waals surface area contributed by atoms with Crippen LogP contribution in [0, 0.1) is 7.14 Å². The first kappa shape index (κ1) is 19.2. The first-order valence-corrected chi connectivity index (χ1v) is 9.97. The maximum Gasteiger partial charge on any atom is 0.357 e. The van der Waals surface area contributed by atoms with Gasteiger partial charge in [0.05, 0.1) is 12.5 Å². The van der Waals surface area contributed by atoms with E-state index in [0.29, 0.717) is 0 Å². The molecule has 0 amide bonds. The van der Waals surface area contributed by atoms with Crippen LogP contribution in [0.4, 0.5) is 0 Å². The molecule has 0 saturated heterocycles. The zero-order valence-electron chi connectivity index (χ0n) is 14.4. The monoisotopic (exact) mass is 453 g/mol. The number of rotatable bonds is 10. The molecule has 2 aromatic rings. The van der Waals surface area contributed by atoms with E-state index in [1.54, 1.807) is 0 Å². The van der Waals surface area contributed by atoms with Gasteiger partial charge in [0.1, 0.15) is 11.5 Å². The van der Waals surface area contributed by atoms with Crippen molar-refractivity contribution in [1.29, 1.82) is 0 Å². The molecule has 0 heterocycles. The topological polar surface area (TPSA) is 36.9 Å². The quantitative estimate of drug-likeness (QED) is 0.311. The van der Waals surface area contributed by atoms with Crippen molar-refractivity contribution in [1.82, 2.24) is 0 Å². The lowest BCUT2D eigenvalue weighted by atomic mass is 10.3. The molecule has 2 aromatic carbocycles. The van der Waals surface area contributed by atoms with Crippen molar-refractivity contribution < 1.29 is 40.2 Å². The predicted molar refractivity (Wildman–Crippen MR) is 93.0 cm³/mol. The number of hydrogen-bond acceptors (Lipinski definition) is 4. The second kappa shape index (κ2) is 9.98. The average molecular weight is 453 g/mol. The molecule has 0 fully saturated rings. The van der Waals surface area contributed by atoms with Gasteiger partial charge in [-0.3, -0.25) is 0 Å². The third kappa shape index (κ3) is 6.70. The molecule has 0 aliphatic rings. The summed E-state index contributed by atoms with van der Waals surface area (Å²) in [4.78, 5) is 0. The standard InChI is InChI=1S/C20H22IO4/c1-5-22-15(3)24-19-11-7-17(8-12-19)21-18-9-13-20(14-10-18)25-16(4)23-6-2/h5-16H,1-2H2,3-4H3/q+1. The van der Waals surface area contributed by atoms with Crippen LogP contribution in [0.3, 0.4) is 0 Å². The Kier molecular flexibility index (Phi) is 7.66. The lowest BCUT2D eigenvalue weighted by Gasteiger charge is -2.13. The van der Waals surface area contributed by atoms with Crippen molar-refractivity contribution in [2.45, 2.75) is 26.4 Å². The van der Waals surface area contributed by atoms with E-state index in [4.69, 9.17) is 18.9 Å². The highest BCUT2D eigenvalue weighted by atomic mass is 127. The minimum atomic E-state index is -0.349. The fourth-order valence-electron chi connectivity index (χ4n) is 1.99. The zero-order chi connectivity index (χ0) is 18.1. The smallest absolute Gasteiger partial charge is 0.357 e. The van der Waals surface area contributed by atoms with Gasteiger partial charge in [-0.1, -0.05) is 13.2 Å². The Morgan fingerprint density at radius 3 is 1.40 bits per heavy atom. The molecule has 0 radical (unpaired) electrons. The molecule has 25 heavy (non-hydrogen) atoms. The van der Waals surface area contributed by atoms with Gasteiger partial charge in [0, 0.05) is 13.8 Å². The molecule has 2 atom stereocenters. The van der Waals surface area contributed by atoms with Crippen LogP contribution in [0.2, 0.25) is 0 Å². The lowest BCUT2D eigenvalue weighted by Crippen LogP contribution is -3.61. The molecule has 2 rings (SSSR count). The summed E-state index contributed by atoms with van der Waals surface area (Å²) >= 11 is -0.259. The maximum absolute atomic E-state index is 5.62. The van der Waals surface area contributed by atoms with E-state index in [1.807, 2.05) is 38.1 Å². The molecular formula is C20H22IO4+. The summed E-state index contributed by atoms with van der Waals surface area (Å²) in [7, 11) is 0. The summed E-state index contributed by atoms with van der Waals surface area (Å²) in [5.74, 6) is 1.56. The van der Waals surface area contributed by atoms with E-state index in [2.05, 4.69) is 37.4 Å². The Hall–Kier alpha value is -2.15. The first-order chi connectivity index (χ1) is 12.1. The molecule has 0 spiro atoms. The Morgan fingerprint density at radius 1 is 0.720 bits per heavy atom. The number of halogens is 1. The van der Waals surface area contributed by atoms with Crippen molar-refractivity contribution >= 4 is 0 Å². The van der Waals surface area contributed by atoms with Crippen molar-refractivity contribution in [2.75, 3.05) is 0 Å². The van der Waals surface area contributed by atoms with Crippen LogP contribution in [0.1, 0.15) is 13.8 Å². The van der Waals surface area contributed by atoms with Gasteiger partial charge in [0.15, 0.2) is 7.14 Å². The van der Waals surface area contributed by atoms with Gasteiger partial charge in [-0.15, -0.1) is 0 Å². The lowest BCUT2D eigenvalue weighted by molar-refractivity contribution is -0.597. The van der Waals surface area contributed by atoms with E-state index >= 15 is 0 Å². The molecule has 0 aliphatic carbocycles. The Labute approximate surface area is 159 Å². The summed E-state index contributed by atoms with van der Waals surface area (Å²) < 4.78 is 24.1. The minimum absolute atomic E-state index is 0.259. The highest BCUT2D eigenvalue weighted by Crippen LogP contribution is 2.12. The van der Waals surface area contributed by atoms with E-state index < -0.39 is 0 Å². The van der Waals surface area contributed by atoms with Crippen LogP contribution in [0.15, 0.2) is 74.2 Å². The first-order valence-electron chi connectivity index (χ1n) is 7.81. The van der Waals surface area contributed by atoms with Gasteiger partial charge in [-0.25, -0.2) is 0 Å². The van der Waals surface area contributed by atoms with Crippen molar-refractivity contribution in [3.8, 4) is 11.5 Å².